The largest absolute Gasteiger partial charge is 0.376 e. The summed E-state index contributed by atoms with van der Waals surface area (Å²) in [5.41, 5.74) is 0.0304. The summed E-state index contributed by atoms with van der Waals surface area (Å²) in [6, 6.07) is 5.01. The molecule has 1 saturated heterocycles. The molecule has 1 aromatic carbocycles. The summed E-state index contributed by atoms with van der Waals surface area (Å²) in [4.78, 5) is 25.3. The fourth-order valence-corrected chi connectivity index (χ4v) is 2.12. The Bertz CT molecular complexity index is 524. The molecule has 0 spiro atoms. The van der Waals surface area contributed by atoms with Gasteiger partial charge in [-0.3, -0.25) is 15.0 Å². The van der Waals surface area contributed by atoms with E-state index in [1.54, 1.807) is 6.07 Å². The maximum Gasteiger partial charge on any atom is 0.326 e. The molecule has 0 aliphatic carbocycles. The van der Waals surface area contributed by atoms with Gasteiger partial charge in [0, 0.05) is 13.1 Å². The molecule has 3 amide bonds. The van der Waals surface area contributed by atoms with E-state index in [4.69, 9.17) is 4.74 Å². The second-order valence-electron chi connectivity index (χ2n) is 4.90. The van der Waals surface area contributed by atoms with Crippen molar-refractivity contribution in [3.63, 3.8) is 0 Å². The molecule has 1 aromatic rings. The molecule has 0 bridgehead atoms. The Morgan fingerprint density at radius 3 is 2.90 bits per heavy atom. The lowest BCUT2D eigenvalue weighted by Gasteiger charge is -2.30. The molecule has 0 unspecified atom stereocenters. The van der Waals surface area contributed by atoms with E-state index in [0.29, 0.717) is 19.7 Å². The summed E-state index contributed by atoms with van der Waals surface area (Å²) in [6.45, 7) is 3.89. The highest BCUT2D eigenvalue weighted by atomic mass is 19.1. The van der Waals surface area contributed by atoms with E-state index in [1.165, 1.54) is 18.2 Å². The van der Waals surface area contributed by atoms with Crippen LogP contribution in [0.4, 0.5) is 14.9 Å². The van der Waals surface area contributed by atoms with E-state index in [9.17, 15) is 14.0 Å². The SMILES string of the molecule is C[C@H]1CN(CC(=O)NC(=O)Nc2ccccc2F)CCO1. The molecule has 1 aliphatic rings. The number of carbonyl (C=O) groups excluding carboxylic acids is 2. The van der Waals surface area contributed by atoms with Gasteiger partial charge in [-0.25, -0.2) is 9.18 Å². The van der Waals surface area contributed by atoms with Crippen molar-refractivity contribution in [2.24, 2.45) is 0 Å². The minimum atomic E-state index is -0.744. The third-order valence-electron chi connectivity index (χ3n) is 3.07. The van der Waals surface area contributed by atoms with Crippen LogP contribution in [0.5, 0.6) is 0 Å². The first-order valence-corrected chi connectivity index (χ1v) is 6.74. The van der Waals surface area contributed by atoms with Gasteiger partial charge in [0.2, 0.25) is 5.91 Å². The standard InChI is InChI=1S/C14H18FN3O3/c1-10-8-18(6-7-21-10)9-13(19)17-14(20)16-12-5-3-2-4-11(12)15/h2-5,10H,6-9H2,1H3,(H2,16,17,19,20)/t10-/m0/s1. The number of hydrogen-bond acceptors (Lipinski definition) is 4. The van der Waals surface area contributed by atoms with Gasteiger partial charge in [-0.15, -0.1) is 0 Å². The average Bonchev–Trinajstić information content (AvgIpc) is 2.41. The lowest BCUT2D eigenvalue weighted by atomic mass is 10.3. The molecular formula is C14H18FN3O3. The maximum absolute atomic E-state index is 13.4. The second-order valence-corrected chi connectivity index (χ2v) is 4.90. The van der Waals surface area contributed by atoms with Gasteiger partial charge in [0.25, 0.3) is 0 Å². The smallest absolute Gasteiger partial charge is 0.326 e. The molecule has 2 N–H and O–H groups in total. The number of anilines is 1. The van der Waals surface area contributed by atoms with Crippen LogP contribution in [-0.2, 0) is 9.53 Å². The third-order valence-corrected chi connectivity index (χ3v) is 3.07. The fraction of sp³-hybridized carbons (Fsp3) is 0.429. The zero-order chi connectivity index (χ0) is 15.2. The van der Waals surface area contributed by atoms with Crippen LogP contribution in [0.3, 0.4) is 0 Å². The Morgan fingerprint density at radius 2 is 2.19 bits per heavy atom. The van der Waals surface area contributed by atoms with Crippen LogP contribution in [0.25, 0.3) is 0 Å². The van der Waals surface area contributed by atoms with Gasteiger partial charge in [-0.1, -0.05) is 12.1 Å². The van der Waals surface area contributed by atoms with Crippen molar-refractivity contribution >= 4 is 17.6 Å². The number of rotatable bonds is 3. The number of carbonyl (C=O) groups is 2. The average molecular weight is 295 g/mol. The highest BCUT2D eigenvalue weighted by Gasteiger charge is 2.20. The molecule has 1 atom stereocenters. The molecule has 0 saturated carbocycles. The predicted octanol–water partition coefficient (Wildman–Crippen LogP) is 1.19. The number of nitrogens with zero attached hydrogens (tertiary/aromatic N) is 1. The molecule has 0 aromatic heterocycles. The van der Waals surface area contributed by atoms with Crippen molar-refractivity contribution in [3.8, 4) is 0 Å². The maximum atomic E-state index is 13.4. The molecule has 21 heavy (non-hydrogen) atoms. The van der Waals surface area contributed by atoms with Gasteiger partial charge < -0.3 is 10.1 Å². The Hall–Kier alpha value is -1.99. The topological polar surface area (TPSA) is 70.7 Å². The molecule has 6 nitrogen and oxygen atoms in total. The number of halogens is 1. The number of ether oxygens (including phenoxy) is 1. The third kappa shape index (κ3) is 4.80. The number of hydrogen-bond donors (Lipinski definition) is 2. The monoisotopic (exact) mass is 295 g/mol. The summed E-state index contributed by atoms with van der Waals surface area (Å²) in [7, 11) is 0. The zero-order valence-electron chi connectivity index (χ0n) is 11.8. The first kappa shape index (κ1) is 15.4. The number of para-hydroxylation sites is 1. The van der Waals surface area contributed by atoms with E-state index in [2.05, 4.69) is 10.6 Å². The lowest BCUT2D eigenvalue weighted by molar-refractivity contribution is -0.122. The van der Waals surface area contributed by atoms with E-state index in [1.807, 2.05) is 11.8 Å². The molecule has 114 valence electrons. The van der Waals surface area contributed by atoms with Crippen LogP contribution >= 0.6 is 0 Å². The van der Waals surface area contributed by atoms with Gasteiger partial charge in [0.05, 0.1) is 24.9 Å². The van der Waals surface area contributed by atoms with Crippen molar-refractivity contribution in [2.75, 3.05) is 31.6 Å². The van der Waals surface area contributed by atoms with Crippen molar-refractivity contribution in [3.05, 3.63) is 30.1 Å². The minimum Gasteiger partial charge on any atom is -0.376 e. The van der Waals surface area contributed by atoms with E-state index >= 15 is 0 Å². The Balaban J connectivity index is 1.79. The van der Waals surface area contributed by atoms with Gasteiger partial charge in [-0.2, -0.15) is 0 Å². The number of nitrogens with one attached hydrogen (secondary N) is 2. The van der Waals surface area contributed by atoms with Crippen LogP contribution in [-0.4, -0.2) is 49.2 Å². The van der Waals surface area contributed by atoms with Gasteiger partial charge in [-0.05, 0) is 19.1 Å². The lowest BCUT2D eigenvalue weighted by Crippen LogP contribution is -2.47. The highest BCUT2D eigenvalue weighted by molar-refractivity contribution is 6.01. The van der Waals surface area contributed by atoms with Crippen molar-refractivity contribution in [1.82, 2.24) is 10.2 Å². The van der Waals surface area contributed by atoms with Crippen molar-refractivity contribution < 1.29 is 18.7 Å². The number of benzene rings is 1. The quantitative estimate of drug-likeness (QED) is 0.879. The summed E-state index contributed by atoms with van der Waals surface area (Å²) in [5, 5.41) is 4.48. The summed E-state index contributed by atoms with van der Waals surface area (Å²) < 4.78 is 18.7. The predicted molar refractivity (Wildman–Crippen MR) is 75.4 cm³/mol. The fourth-order valence-electron chi connectivity index (χ4n) is 2.12. The van der Waals surface area contributed by atoms with E-state index in [-0.39, 0.29) is 18.3 Å². The van der Waals surface area contributed by atoms with Crippen LogP contribution < -0.4 is 10.6 Å². The summed E-state index contributed by atoms with van der Waals surface area (Å²) >= 11 is 0. The molecule has 2 rings (SSSR count). The van der Waals surface area contributed by atoms with Gasteiger partial charge in [0.1, 0.15) is 5.82 Å². The highest BCUT2D eigenvalue weighted by Crippen LogP contribution is 2.11. The first-order valence-electron chi connectivity index (χ1n) is 6.74. The number of urea groups is 1. The van der Waals surface area contributed by atoms with Crippen LogP contribution in [0.2, 0.25) is 0 Å². The summed E-state index contributed by atoms with van der Waals surface area (Å²) in [6.07, 6.45) is 0.0683. The normalized spacial score (nSPS) is 19.0. The zero-order valence-corrected chi connectivity index (χ0v) is 11.8. The minimum absolute atomic E-state index is 0.0304. The molecule has 7 heteroatoms. The number of amides is 3. The van der Waals surface area contributed by atoms with E-state index in [0.717, 1.165) is 0 Å². The van der Waals surface area contributed by atoms with E-state index < -0.39 is 17.8 Å². The molecular weight excluding hydrogens is 277 g/mol. The van der Waals surface area contributed by atoms with Crippen LogP contribution in [0.1, 0.15) is 6.92 Å². The van der Waals surface area contributed by atoms with Crippen molar-refractivity contribution in [1.29, 1.82) is 0 Å². The molecule has 1 heterocycles. The Morgan fingerprint density at radius 1 is 1.43 bits per heavy atom. The van der Waals surface area contributed by atoms with Crippen LogP contribution in [0.15, 0.2) is 24.3 Å². The molecule has 1 fully saturated rings. The molecule has 1 aliphatic heterocycles. The van der Waals surface area contributed by atoms with Crippen LogP contribution in [0, 0.1) is 5.82 Å². The van der Waals surface area contributed by atoms with Gasteiger partial charge >= 0.3 is 6.03 Å². The van der Waals surface area contributed by atoms with Crippen molar-refractivity contribution in [2.45, 2.75) is 13.0 Å². The Labute approximate surface area is 122 Å². The number of morpholine rings is 1. The first-order chi connectivity index (χ1) is 10.0. The summed E-state index contributed by atoms with van der Waals surface area (Å²) in [5.74, 6) is -0.986. The number of imide groups is 1. The molecule has 0 radical (unpaired) electrons. The second kappa shape index (κ2) is 7.14. The van der Waals surface area contributed by atoms with Gasteiger partial charge in [0.15, 0.2) is 0 Å². The Kier molecular flexibility index (Phi) is 5.24.